The molecule has 6 N–H and O–H groups in total. The van der Waals surface area contributed by atoms with E-state index in [2.05, 4.69) is 9.37 Å². The molecule has 1 saturated carbocycles. The molecule has 10 heteroatoms. The summed E-state index contributed by atoms with van der Waals surface area (Å²) in [5.74, 6) is -0.697. The Kier molecular flexibility index (Phi) is 8.66. The highest BCUT2D eigenvalue weighted by Gasteiger charge is 2.48. The summed E-state index contributed by atoms with van der Waals surface area (Å²) in [6.45, 7) is 2.95. The van der Waals surface area contributed by atoms with Gasteiger partial charge in [-0.1, -0.05) is 18.9 Å². The molecular weight excluding hydrogens is 332 g/mol. The zero-order valence-electron chi connectivity index (χ0n) is 13.1. The lowest BCUT2D eigenvalue weighted by Crippen LogP contribution is -2.40. The van der Waals surface area contributed by atoms with Crippen LogP contribution in [0.3, 0.4) is 0 Å². The van der Waals surface area contributed by atoms with Gasteiger partial charge in [0.2, 0.25) is 0 Å². The van der Waals surface area contributed by atoms with E-state index in [0.717, 1.165) is 0 Å². The first-order chi connectivity index (χ1) is 10.8. The van der Waals surface area contributed by atoms with Crippen molar-refractivity contribution in [1.29, 1.82) is 0 Å². The molecule has 0 amide bonds. The van der Waals surface area contributed by atoms with Crippen LogP contribution >= 0.6 is 12.3 Å². The van der Waals surface area contributed by atoms with Crippen molar-refractivity contribution in [3.05, 3.63) is 0 Å². The fourth-order valence-electron chi connectivity index (χ4n) is 3.35. The first kappa shape index (κ1) is 21.0. The molecule has 1 aliphatic carbocycles. The maximum absolute atomic E-state index is 10.3. The highest BCUT2D eigenvalue weighted by Crippen LogP contribution is 2.46. The molecule has 9 nitrogen and oxygen atoms in total. The molecular formula is C13H26O9S. The molecule has 0 bridgehead atoms. The highest BCUT2D eigenvalue weighted by molar-refractivity contribution is 7.89. The molecule has 0 aliphatic heterocycles. The Bertz CT molecular complexity index is 343. The fourth-order valence-corrected chi connectivity index (χ4v) is 3.70. The summed E-state index contributed by atoms with van der Waals surface area (Å²) in [5, 5.41) is 60.1. The zero-order valence-corrected chi connectivity index (χ0v) is 13.9. The molecule has 0 radical (unpaired) electrons. The maximum atomic E-state index is 10.3. The van der Waals surface area contributed by atoms with Crippen LogP contribution in [-0.4, -0.2) is 68.4 Å². The predicted molar refractivity (Wildman–Crippen MR) is 79.4 cm³/mol. The van der Waals surface area contributed by atoms with Crippen molar-refractivity contribution in [2.75, 3.05) is 13.2 Å². The minimum Gasteiger partial charge on any atom is -0.396 e. The zero-order chi connectivity index (χ0) is 17.6. The second-order valence-corrected chi connectivity index (χ2v) is 7.00. The fraction of sp³-hybridized carbons (Fsp3) is 1.00. The Hall–Kier alpha value is -0.0100. The second kappa shape index (κ2) is 9.47. The minimum absolute atomic E-state index is 0.194. The van der Waals surface area contributed by atoms with Crippen LogP contribution in [0, 0.1) is 17.3 Å². The third kappa shape index (κ3) is 5.49. The normalized spacial score (nSPS) is 31.3. The van der Waals surface area contributed by atoms with Crippen molar-refractivity contribution in [3.8, 4) is 0 Å². The lowest BCUT2D eigenvalue weighted by molar-refractivity contribution is -0.434. The van der Waals surface area contributed by atoms with Crippen LogP contribution in [-0.2, 0) is 13.6 Å². The average Bonchev–Trinajstić information content (AvgIpc) is 2.79. The van der Waals surface area contributed by atoms with E-state index in [4.69, 9.17) is 9.44 Å². The van der Waals surface area contributed by atoms with E-state index in [1.54, 1.807) is 0 Å². The van der Waals surface area contributed by atoms with Crippen LogP contribution in [0.15, 0.2) is 0 Å². The van der Waals surface area contributed by atoms with Crippen LogP contribution in [0.5, 0.6) is 0 Å². The van der Waals surface area contributed by atoms with Gasteiger partial charge >= 0.3 is 0 Å². The Morgan fingerprint density at radius 2 is 1.91 bits per heavy atom. The van der Waals surface area contributed by atoms with Gasteiger partial charge in [0.05, 0.1) is 24.9 Å². The number of hydrogen-bond acceptors (Lipinski definition) is 10. The quantitative estimate of drug-likeness (QED) is 0.130. The molecule has 138 valence electrons. The molecule has 1 rings (SSSR count). The van der Waals surface area contributed by atoms with Gasteiger partial charge in [0, 0.05) is 12.5 Å². The summed E-state index contributed by atoms with van der Waals surface area (Å²) < 4.78 is 9.00. The van der Waals surface area contributed by atoms with Gasteiger partial charge in [0.1, 0.15) is 6.10 Å². The van der Waals surface area contributed by atoms with Gasteiger partial charge in [-0.25, -0.2) is 5.26 Å². The Labute approximate surface area is 139 Å². The predicted octanol–water partition coefficient (Wildman–Crippen LogP) is -0.524. The lowest BCUT2D eigenvalue weighted by atomic mass is 9.69. The van der Waals surface area contributed by atoms with E-state index >= 15 is 0 Å². The van der Waals surface area contributed by atoms with E-state index in [9.17, 15) is 25.5 Å². The van der Waals surface area contributed by atoms with Gasteiger partial charge < -0.3 is 25.5 Å². The monoisotopic (exact) mass is 358 g/mol. The lowest BCUT2D eigenvalue weighted by Gasteiger charge is -2.38. The minimum atomic E-state index is -1.07. The highest BCUT2D eigenvalue weighted by atomic mass is 32.2. The molecule has 0 aromatic carbocycles. The van der Waals surface area contributed by atoms with Crippen molar-refractivity contribution >= 4 is 12.3 Å². The molecule has 0 spiro atoms. The van der Waals surface area contributed by atoms with Gasteiger partial charge in [0.15, 0.2) is 12.3 Å². The van der Waals surface area contributed by atoms with E-state index < -0.39 is 42.4 Å². The van der Waals surface area contributed by atoms with E-state index in [1.165, 1.54) is 0 Å². The molecule has 0 aromatic rings. The van der Waals surface area contributed by atoms with Gasteiger partial charge in [-0.05, 0) is 24.2 Å². The largest absolute Gasteiger partial charge is 0.396 e. The average molecular weight is 358 g/mol. The van der Waals surface area contributed by atoms with Gasteiger partial charge in [-0.3, -0.25) is 4.18 Å². The topological polar surface area (TPSA) is 149 Å². The van der Waals surface area contributed by atoms with E-state index in [-0.39, 0.29) is 31.3 Å². The standard InChI is InChI=1S/C13H26O9S/c1-13(2,8-3-9(16)12(18)7(8)5-14)4-10(17)11(6-15)20-23-22-21-19/h7-12,14-19H,3-6H2,1-2H3/t7-,8?,9?,10?,11?,12-/m0/s1. The molecule has 23 heavy (non-hydrogen) atoms. The van der Waals surface area contributed by atoms with Crippen LogP contribution in [0.2, 0.25) is 0 Å². The molecule has 0 saturated heterocycles. The number of rotatable bonds is 10. The van der Waals surface area contributed by atoms with Crippen LogP contribution in [0.25, 0.3) is 0 Å². The first-order valence-corrected chi connectivity index (χ1v) is 8.01. The van der Waals surface area contributed by atoms with Crippen LogP contribution in [0.4, 0.5) is 0 Å². The second-order valence-electron chi connectivity index (χ2n) is 6.53. The third-order valence-corrected chi connectivity index (χ3v) is 5.07. The SMILES string of the molecule is CC(C)(CC(O)C(CO)OSOOO)C1CC(O)[C@@H](O)[C@H]1CO. The van der Waals surface area contributed by atoms with Crippen molar-refractivity contribution in [2.24, 2.45) is 17.3 Å². The summed E-state index contributed by atoms with van der Waals surface area (Å²) in [6, 6.07) is 0. The van der Waals surface area contributed by atoms with E-state index in [0.29, 0.717) is 6.42 Å². The Balaban J connectivity index is 2.68. The molecule has 6 atom stereocenters. The van der Waals surface area contributed by atoms with Crippen molar-refractivity contribution < 1.29 is 44.3 Å². The number of aliphatic hydroxyl groups excluding tert-OH is 5. The van der Waals surface area contributed by atoms with Crippen molar-refractivity contribution in [1.82, 2.24) is 0 Å². The summed E-state index contributed by atoms with van der Waals surface area (Å²) in [5.41, 5.74) is -0.541. The Morgan fingerprint density at radius 1 is 1.26 bits per heavy atom. The smallest absolute Gasteiger partial charge is 0.198 e. The van der Waals surface area contributed by atoms with Gasteiger partial charge in [-0.2, -0.15) is 0 Å². The summed E-state index contributed by atoms with van der Waals surface area (Å²) >= 11 is 0.266. The maximum Gasteiger partial charge on any atom is 0.198 e. The molecule has 1 fully saturated rings. The molecule has 0 aromatic heterocycles. The number of hydrogen-bond donors (Lipinski definition) is 6. The molecule has 1 aliphatic rings. The first-order valence-electron chi connectivity index (χ1n) is 7.34. The summed E-state index contributed by atoms with van der Waals surface area (Å²) in [7, 11) is 0. The molecule has 4 unspecified atom stereocenters. The number of aliphatic hydroxyl groups is 5. The van der Waals surface area contributed by atoms with Crippen molar-refractivity contribution in [2.45, 2.75) is 51.1 Å². The summed E-state index contributed by atoms with van der Waals surface area (Å²) in [6.07, 6.45) is -3.47. The van der Waals surface area contributed by atoms with Gasteiger partial charge in [-0.15, -0.1) is 4.33 Å². The van der Waals surface area contributed by atoms with Crippen LogP contribution < -0.4 is 0 Å². The van der Waals surface area contributed by atoms with Gasteiger partial charge in [0.25, 0.3) is 0 Å². The summed E-state index contributed by atoms with van der Waals surface area (Å²) in [4.78, 5) is 0. The Morgan fingerprint density at radius 3 is 2.43 bits per heavy atom. The van der Waals surface area contributed by atoms with E-state index in [1.807, 2.05) is 13.8 Å². The van der Waals surface area contributed by atoms with Crippen molar-refractivity contribution in [3.63, 3.8) is 0 Å². The van der Waals surface area contributed by atoms with Crippen LogP contribution in [0.1, 0.15) is 26.7 Å². The molecule has 0 heterocycles. The third-order valence-electron chi connectivity index (χ3n) is 4.63.